The van der Waals surface area contributed by atoms with Crippen molar-refractivity contribution in [3.63, 3.8) is 0 Å². The zero-order valence-electron chi connectivity index (χ0n) is 14.9. The van der Waals surface area contributed by atoms with E-state index in [0.29, 0.717) is 11.6 Å². The number of carbonyl (C=O) groups is 1. The summed E-state index contributed by atoms with van der Waals surface area (Å²) in [5.41, 5.74) is 1.91. The van der Waals surface area contributed by atoms with Crippen molar-refractivity contribution < 1.29 is 4.79 Å². The number of aromatic nitrogens is 2. The summed E-state index contributed by atoms with van der Waals surface area (Å²) >= 11 is 1.48. The molecule has 1 fully saturated rings. The lowest BCUT2D eigenvalue weighted by Gasteiger charge is -2.16. The van der Waals surface area contributed by atoms with Gasteiger partial charge >= 0.3 is 0 Å². The predicted octanol–water partition coefficient (Wildman–Crippen LogP) is 3.93. The summed E-state index contributed by atoms with van der Waals surface area (Å²) in [4.78, 5) is 25.8. The number of thiophene rings is 1. The van der Waals surface area contributed by atoms with Crippen LogP contribution in [0, 0.1) is 0 Å². The molecule has 0 bridgehead atoms. The van der Waals surface area contributed by atoms with Crippen LogP contribution in [0.2, 0.25) is 0 Å². The quantitative estimate of drug-likeness (QED) is 0.572. The van der Waals surface area contributed by atoms with Crippen molar-refractivity contribution in [1.29, 1.82) is 0 Å². The number of aliphatic imine (C=N–C) groups is 1. The van der Waals surface area contributed by atoms with Gasteiger partial charge in [0.05, 0.1) is 22.0 Å². The maximum atomic E-state index is 12.8. The SMILES string of the molecule is C=C/C=C(\N=C)C(C)Nc1nc(C(=O)NC2CCCC2)c2sccc2n1. The van der Waals surface area contributed by atoms with Crippen LogP contribution >= 0.6 is 11.3 Å². The lowest BCUT2D eigenvalue weighted by Crippen LogP contribution is -2.33. The third-order valence-electron chi connectivity index (χ3n) is 4.47. The second-order valence-electron chi connectivity index (χ2n) is 6.34. The lowest BCUT2D eigenvalue weighted by molar-refractivity contribution is 0.0935. The molecule has 1 amide bonds. The molecule has 1 atom stereocenters. The molecule has 1 aliphatic rings. The Bertz CT molecular complexity index is 851. The Morgan fingerprint density at radius 2 is 2.19 bits per heavy atom. The molecule has 26 heavy (non-hydrogen) atoms. The summed E-state index contributed by atoms with van der Waals surface area (Å²) in [6.07, 6.45) is 7.84. The maximum Gasteiger partial charge on any atom is 0.271 e. The number of carbonyl (C=O) groups excluding carboxylic acids is 1. The molecule has 6 nitrogen and oxygen atoms in total. The van der Waals surface area contributed by atoms with E-state index in [1.807, 2.05) is 18.4 Å². The Labute approximate surface area is 157 Å². The summed E-state index contributed by atoms with van der Waals surface area (Å²) in [6, 6.07) is 1.98. The highest BCUT2D eigenvalue weighted by Gasteiger charge is 2.22. The van der Waals surface area contributed by atoms with Crippen LogP contribution in [-0.4, -0.2) is 34.7 Å². The molecule has 1 unspecified atom stereocenters. The number of hydrogen-bond acceptors (Lipinski definition) is 6. The van der Waals surface area contributed by atoms with E-state index in [-0.39, 0.29) is 18.0 Å². The van der Waals surface area contributed by atoms with Gasteiger partial charge in [-0.3, -0.25) is 9.79 Å². The van der Waals surface area contributed by atoms with Crippen LogP contribution in [0.5, 0.6) is 0 Å². The lowest BCUT2D eigenvalue weighted by atomic mass is 10.2. The smallest absolute Gasteiger partial charge is 0.271 e. The van der Waals surface area contributed by atoms with Gasteiger partial charge in [0.2, 0.25) is 5.95 Å². The Hall–Kier alpha value is -2.54. The summed E-state index contributed by atoms with van der Waals surface area (Å²) in [5.74, 6) is 0.268. The van der Waals surface area contributed by atoms with Crippen LogP contribution in [0.3, 0.4) is 0 Å². The number of anilines is 1. The molecule has 136 valence electrons. The normalized spacial score (nSPS) is 16.4. The summed E-state index contributed by atoms with van der Waals surface area (Å²) in [6.45, 7) is 9.19. The summed E-state index contributed by atoms with van der Waals surface area (Å²) in [7, 11) is 0. The van der Waals surface area contributed by atoms with E-state index < -0.39 is 0 Å². The van der Waals surface area contributed by atoms with Gasteiger partial charge in [-0.05, 0) is 44.0 Å². The van der Waals surface area contributed by atoms with Gasteiger partial charge in [0.15, 0.2) is 5.69 Å². The minimum Gasteiger partial charge on any atom is -0.348 e. The Balaban J connectivity index is 1.87. The number of hydrogen-bond donors (Lipinski definition) is 2. The Morgan fingerprint density at radius 3 is 2.88 bits per heavy atom. The van der Waals surface area contributed by atoms with Gasteiger partial charge in [-0.25, -0.2) is 9.97 Å². The van der Waals surface area contributed by atoms with Crippen LogP contribution in [0.15, 0.2) is 40.9 Å². The highest BCUT2D eigenvalue weighted by Crippen LogP contribution is 2.25. The fraction of sp³-hybridized carbons (Fsp3) is 0.368. The zero-order chi connectivity index (χ0) is 18.5. The first-order valence-electron chi connectivity index (χ1n) is 8.74. The van der Waals surface area contributed by atoms with Gasteiger partial charge in [-0.1, -0.05) is 25.5 Å². The van der Waals surface area contributed by atoms with E-state index in [0.717, 1.165) is 28.8 Å². The molecule has 2 aromatic rings. The van der Waals surface area contributed by atoms with Gasteiger partial charge in [0, 0.05) is 6.04 Å². The number of fused-ring (bicyclic) bond motifs is 1. The largest absolute Gasteiger partial charge is 0.348 e. The highest BCUT2D eigenvalue weighted by atomic mass is 32.1. The van der Waals surface area contributed by atoms with E-state index in [2.05, 4.69) is 38.9 Å². The molecule has 2 aromatic heterocycles. The molecular formula is C19H23N5OS. The van der Waals surface area contributed by atoms with Crippen LogP contribution in [0.1, 0.15) is 43.1 Å². The molecule has 0 saturated heterocycles. The van der Waals surface area contributed by atoms with Crippen LogP contribution in [0.4, 0.5) is 5.95 Å². The standard InChI is InChI=1S/C19H23N5OS/c1-4-7-14(20-3)12(2)21-19-23-15-10-11-26-17(15)16(24-19)18(25)22-13-8-5-6-9-13/h4,7,10-13H,1,3,5-6,8-9H2,2H3,(H,22,25)(H,21,23,24)/b14-7-. The number of rotatable bonds is 7. The molecule has 0 aromatic carbocycles. The Kier molecular flexibility index (Phi) is 5.78. The molecule has 2 heterocycles. The predicted molar refractivity (Wildman–Crippen MR) is 108 cm³/mol. The van der Waals surface area contributed by atoms with Gasteiger partial charge in [0.25, 0.3) is 5.91 Å². The molecule has 1 aliphatic carbocycles. The van der Waals surface area contributed by atoms with Crippen molar-refractivity contribution in [2.24, 2.45) is 4.99 Å². The third kappa shape index (κ3) is 3.99. The van der Waals surface area contributed by atoms with Crippen LogP contribution < -0.4 is 10.6 Å². The highest BCUT2D eigenvalue weighted by molar-refractivity contribution is 7.17. The average Bonchev–Trinajstić information content (AvgIpc) is 3.30. The van der Waals surface area contributed by atoms with Gasteiger partial charge < -0.3 is 10.6 Å². The van der Waals surface area contributed by atoms with E-state index in [9.17, 15) is 4.79 Å². The fourth-order valence-corrected chi connectivity index (χ4v) is 3.95. The number of amides is 1. The molecule has 3 rings (SSSR count). The first kappa shape index (κ1) is 18.3. The molecule has 7 heteroatoms. The van der Waals surface area contributed by atoms with E-state index in [1.54, 1.807) is 12.2 Å². The van der Waals surface area contributed by atoms with Crippen molar-refractivity contribution in [3.05, 3.63) is 41.6 Å². The topological polar surface area (TPSA) is 79.3 Å². The van der Waals surface area contributed by atoms with Gasteiger partial charge in [-0.15, -0.1) is 11.3 Å². The number of nitrogens with one attached hydrogen (secondary N) is 2. The van der Waals surface area contributed by atoms with E-state index >= 15 is 0 Å². The number of nitrogens with zero attached hydrogens (tertiary/aromatic N) is 3. The van der Waals surface area contributed by atoms with Crippen molar-refractivity contribution in [2.45, 2.75) is 44.7 Å². The minimum absolute atomic E-state index is 0.133. The van der Waals surface area contributed by atoms with Gasteiger partial charge in [-0.2, -0.15) is 0 Å². The van der Waals surface area contributed by atoms with Crippen LogP contribution in [0.25, 0.3) is 10.2 Å². The first-order chi connectivity index (χ1) is 12.6. The first-order valence-corrected chi connectivity index (χ1v) is 9.62. The third-order valence-corrected chi connectivity index (χ3v) is 5.38. The number of allylic oxidation sites excluding steroid dienone is 2. The average molecular weight is 369 g/mol. The van der Waals surface area contributed by atoms with Crippen LogP contribution in [-0.2, 0) is 0 Å². The van der Waals surface area contributed by atoms with Gasteiger partial charge in [0.1, 0.15) is 0 Å². The molecule has 1 saturated carbocycles. The molecular weight excluding hydrogens is 346 g/mol. The molecule has 2 N–H and O–H groups in total. The summed E-state index contributed by atoms with van der Waals surface area (Å²) in [5, 5.41) is 8.23. The zero-order valence-corrected chi connectivity index (χ0v) is 15.7. The second-order valence-corrected chi connectivity index (χ2v) is 7.25. The van der Waals surface area contributed by atoms with Crippen molar-refractivity contribution in [1.82, 2.24) is 15.3 Å². The van der Waals surface area contributed by atoms with Crippen molar-refractivity contribution in [2.75, 3.05) is 5.32 Å². The molecule has 0 radical (unpaired) electrons. The second kappa shape index (κ2) is 8.23. The fourth-order valence-electron chi connectivity index (χ4n) is 3.13. The van der Waals surface area contributed by atoms with Crippen molar-refractivity contribution >= 4 is 40.1 Å². The van der Waals surface area contributed by atoms with E-state index in [4.69, 9.17) is 0 Å². The Morgan fingerprint density at radius 1 is 1.42 bits per heavy atom. The van der Waals surface area contributed by atoms with E-state index in [1.165, 1.54) is 24.2 Å². The monoisotopic (exact) mass is 369 g/mol. The minimum atomic E-state index is -0.160. The summed E-state index contributed by atoms with van der Waals surface area (Å²) < 4.78 is 0.808. The maximum absolute atomic E-state index is 12.8. The molecule has 0 aliphatic heterocycles. The van der Waals surface area contributed by atoms with Crippen molar-refractivity contribution in [3.8, 4) is 0 Å². The molecule has 0 spiro atoms.